The Morgan fingerprint density at radius 3 is 2.10 bits per heavy atom. The van der Waals surface area contributed by atoms with E-state index in [0.29, 0.717) is 40.7 Å². The summed E-state index contributed by atoms with van der Waals surface area (Å²) in [5, 5.41) is 11.1. The number of amides is 5. The van der Waals surface area contributed by atoms with Gasteiger partial charge in [-0.3, -0.25) is 19.7 Å². The van der Waals surface area contributed by atoms with Crippen LogP contribution in [0, 0.1) is 5.92 Å². The van der Waals surface area contributed by atoms with Crippen molar-refractivity contribution >= 4 is 71.5 Å². The molecule has 3 aromatic rings. The minimum absolute atomic E-state index is 0.0161. The lowest BCUT2D eigenvalue weighted by atomic mass is 10.0. The number of likely N-dealkylation sites (tertiary alicyclic amines) is 1. The van der Waals surface area contributed by atoms with Crippen LogP contribution in [0.3, 0.4) is 0 Å². The lowest BCUT2D eigenvalue weighted by molar-refractivity contribution is -0.128. The first-order chi connectivity index (χ1) is 33.6. The number of esters is 1. The van der Waals surface area contributed by atoms with Crippen molar-refractivity contribution < 1.29 is 56.9 Å². The molecule has 0 aliphatic carbocycles. The quantitative estimate of drug-likeness (QED) is 0.0258. The van der Waals surface area contributed by atoms with Crippen molar-refractivity contribution in [1.29, 1.82) is 0 Å². The summed E-state index contributed by atoms with van der Waals surface area (Å²) < 4.78 is 34.9. The molecule has 3 aromatic carbocycles. The molecule has 1 aliphatic heterocycles. The summed E-state index contributed by atoms with van der Waals surface area (Å²) in [5.41, 5.74) is 3.18. The van der Waals surface area contributed by atoms with Crippen LogP contribution in [0.15, 0.2) is 79.4 Å². The van der Waals surface area contributed by atoms with Crippen molar-refractivity contribution in [2.45, 2.75) is 129 Å². The molecule has 72 heavy (non-hydrogen) atoms. The molecule has 0 bridgehead atoms. The van der Waals surface area contributed by atoms with Gasteiger partial charge in [-0.15, -0.1) is 0 Å². The second kappa shape index (κ2) is 25.5. The predicted octanol–water partition coefficient (Wildman–Crippen LogP) is 10.0. The summed E-state index contributed by atoms with van der Waals surface area (Å²) in [6.07, 6.45) is 0.290. The number of carbonyl (C=O) groups excluding carboxylic acids is 6. The first-order valence-electron chi connectivity index (χ1n) is 23.7. The standard InChI is InChI=1S/C53H72BrN5O12Si/c1-15-20-67-51(65)58-45(32(2)3)47(61)55-34(5)46(60)56-39-18-16-35(17-19-39)29-69-50(64)57-42-26-44(68-30-37-22-36(27-54)23-38(24-37)49(63)71-52(6,7)8)43(66-12)25-41(42)48(62)59-28-33(4)21-40(59)31-70-72(13,14)53(9,10)11/h15-19,22-26,32,34,40,45H,1,4,20-21,27-31H2,2-3,5-14H3,(H,55,61)(H,56,60)(H,57,64)(H,58,65)/t34-,40-,45-/m0/s1. The first-order valence-corrected chi connectivity index (χ1v) is 27.7. The van der Waals surface area contributed by atoms with E-state index in [-0.39, 0.29) is 66.1 Å². The number of rotatable bonds is 21. The molecule has 17 nitrogen and oxygen atoms in total. The maximum atomic E-state index is 14.7. The fourth-order valence-corrected chi connectivity index (χ4v) is 8.39. The van der Waals surface area contributed by atoms with Gasteiger partial charge < -0.3 is 49.0 Å². The summed E-state index contributed by atoms with van der Waals surface area (Å²) in [4.78, 5) is 81.3. The minimum Gasteiger partial charge on any atom is -0.493 e. The molecule has 1 heterocycles. The topological polar surface area (TPSA) is 209 Å². The van der Waals surface area contributed by atoms with E-state index in [1.807, 2.05) is 6.07 Å². The number of alkyl halides is 1. The van der Waals surface area contributed by atoms with Crippen LogP contribution >= 0.6 is 15.9 Å². The van der Waals surface area contributed by atoms with Gasteiger partial charge in [0.25, 0.3) is 5.91 Å². The molecule has 392 valence electrons. The molecule has 5 amide bonds. The third-order valence-corrected chi connectivity index (χ3v) is 17.1. The number of halogens is 1. The highest BCUT2D eigenvalue weighted by Gasteiger charge is 2.40. The van der Waals surface area contributed by atoms with Crippen LogP contribution in [0.4, 0.5) is 21.0 Å². The Morgan fingerprint density at radius 2 is 1.50 bits per heavy atom. The van der Waals surface area contributed by atoms with Crippen LogP contribution in [0.1, 0.15) is 106 Å². The number of alkyl carbamates (subject to hydrolysis) is 1. The molecule has 0 unspecified atom stereocenters. The zero-order valence-corrected chi connectivity index (χ0v) is 46.3. The second-order valence-corrected chi connectivity index (χ2v) is 25.9. The van der Waals surface area contributed by atoms with Gasteiger partial charge in [-0.1, -0.05) is 93.6 Å². The Bertz CT molecular complexity index is 2470. The summed E-state index contributed by atoms with van der Waals surface area (Å²) >= 11 is 3.49. The summed E-state index contributed by atoms with van der Waals surface area (Å²) in [7, 11) is -0.737. The molecule has 0 aromatic heterocycles. The SMILES string of the molecule is C=CCOC(=O)N[C@H](C(=O)N[C@@H](C)C(=O)Nc1ccc(COC(=O)Nc2cc(OCc3cc(CBr)cc(C(=O)OC(C)(C)C)c3)c(OC)cc2C(=O)N2CC(=C)C[C@H]2CO[Si](C)(C)C(C)(C)C)cc1)C(C)C. The van der Waals surface area contributed by atoms with E-state index in [0.717, 1.165) is 11.1 Å². The van der Waals surface area contributed by atoms with Crippen molar-refractivity contribution in [3.05, 3.63) is 107 Å². The number of anilines is 2. The Kier molecular flexibility index (Phi) is 20.6. The van der Waals surface area contributed by atoms with Crippen LogP contribution < -0.4 is 30.7 Å². The number of ether oxygens (including phenoxy) is 5. The van der Waals surface area contributed by atoms with Crippen LogP contribution in [-0.2, 0) is 46.8 Å². The average Bonchev–Trinajstić information content (AvgIpc) is 3.69. The van der Waals surface area contributed by atoms with Crippen LogP contribution in [0.5, 0.6) is 11.5 Å². The maximum Gasteiger partial charge on any atom is 0.411 e. The molecule has 3 atom stereocenters. The van der Waals surface area contributed by atoms with Crippen LogP contribution in [-0.4, -0.2) is 99.7 Å². The number of hydrogen-bond acceptors (Lipinski definition) is 12. The minimum atomic E-state index is -2.18. The predicted molar refractivity (Wildman–Crippen MR) is 283 cm³/mol. The third-order valence-electron chi connectivity index (χ3n) is 12.0. The number of benzene rings is 3. The van der Waals surface area contributed by atoms with Gasteiger partial charge >= 0.3 is 18.2 Å². The Labute approximate surface area is 433 Å². The van der Waals surface area contributed by atoms with Gasteiger partial charge in [0.15, 0.2) is 19.8 Å². The van der Waals surface area contributed by atoms with Gasteiger partial charge in [-0.05, 0) is 105 Å². The first kappa shape index (κ1) is 58.4. The second-order valence-electron chi connectivity index (χ2n) is 20.5. The molecule has 0 radical (unpaired) electrons. The van der Waals surface area contributed by atoms with Gasteiger partial charge in [0.05, 0.1) is 36.6 Å². The highest BCUT2D eigenvalue weighted by molar-refractivity contribution is 9.08. The fourth-order valence-electron chi connectivity index (χ4n) is 7.03. The monoisotopic (exact) mass is 1080 g/mol. The summed E-state index contributed by atoms with van der Waals surface area (Å²) in [5.74, 6) is -1.84. The molecule has 1 aliphatic rings. The molecular formula is C53H72BrN5O12Si. The zero-order chi connectivity index (χ0) is 53.7. The van der Waals surface area contributed by atoms with Gasteiger partial charge in [0.2, 0.25) is 11.8 Å². The van der Waals surface area contributed by atoms with Crippen molar-refractivity contribution in [1.82, 2.24) is 15.5 Å². The molecule has 4 N–H and O–H groups in total. The largest absolute Gasteiger partial charge is 0.493 e. The van der Waals surface area contributed by atoms with Gasteiger partial charge in [0.1, 0.15) is 37.5 Å². The number of carbonyl (C=O) groups is 6. The normalized spacial score (nSPS) is 14.7. The number of nitrogens with zero attached hydrogens (tertiary/aromatic N) is 1. The lowest BCUT2D eigenvalue weighted by Crippen LogP contribution is -2.53. The van der Waals surface area contributed by atoms with Crippen molar-refractivity contribution in [3.8, 4) is 11.5 Å². The van der Waals surface area contributed by atoms with E-state index in [1.54, 1.807) is 75.9 Å². The number of methoxy groups -OCH3 is 1. The van der Waals surface area contributed by atoms with Crippen molar-refractivity contribution in [2.24, 2.45) is 5.92 Å². The highest BCUT2D eigenvalue weighted by atomic mass is 79.9. The highest BCUT2D eigenvalue weighted by Crippen LogP contribution is 2.39. The van der Waals surface area contributed by atoms with Gasteiger partial charge in [-0.25, -0.2) is 14.4 Å². The molecule has 4 rings (SSSR count). The maximum absolute atomic E-state index is 14.7. The van der Waals surface area contributed by atoms with Crippen molar-refractivity contribution in [3.63, 3.8) is 0 Å². The Morgan fingerprint density at radius 1 is 0.833 bits per heavy atom. The average molecular weight is 1080 g/mol. The van der Waals surface area contributed by atoms with E-state index in [9.17, 15) is 28.8 Å². The Balaban J connectivity index is 1.55. The van der Waals surface area contributed by atoms with Gasteiger partial charge in [-0.2, -0.15) is 0 Å². The smallest absolute Gasteiger partial charge is 0.411 e. The molecule has 1 saturated heterocycles. The number of hydrogen-bond donors (Lipinski definition) is 4. The summed E-state index contributed by atoms with van der Waals surface area (Å²) in [6, 6.07) is 12.6. The van der Waals surface area contributed by atoms with Crippen LogP contribution in [0.2, 0.25) is 18.1 Å². The molecule has 0 spiro atoms. The molecule has 1 fully saturated rings. The fraction of sp³-hybridized carbons (Fsp3) is 0.472. The Hall–Kier alpha value is -6.18. The van der Waals surface area contributed by atoms with E-state index in [4.69, 9.17) is 28.1 Å². The van der Waals surface area contributed by atoms with E-state index >= 15 is 0 Å². The van der Waals surface area contributed by atoms with E-state index in [1.165, 1.54) is 32.2 Å². The summed E-state index contributed by atoms with van der Waals surface area (Å²) in [6.45, 7) is 29.2. The van der Waals surface area contributed by atoms with Crippen molar-refractivity contribution in [2.75, 3.05) is 37.5 Å². The third kappa shape index (κ3) is 17.0. The number of nitrogens with one attached hydrogen (secondary N) is 4. The van der Waals surface area contributed by atoms with Crippen LogP contribution in [0.25, 0.3) is 0 Å². The van der Waals surface area contributed by atoms with Gasteiger partial charge in [0, 0.05) is 23.6 Å². The zero-order valence-electron chi connectivity index (χ0n) is 43.7. The molecule has 0 saturated carbocycles. The molecule has 19 heteroatoms. The molecular weight excluding hydrogens is 1010 g/mol. The van der Waals surface area contributed by atoms with E-state index < -0.39 is 61.9 Å². The van der Waals surface area contributed by atoms with E-state index in [2.05, 4.69) is 84.2 Å². The lowest BCUT2D eigenvalue weighted by Gasteiger charge is -2.38.